The zero-order valence-electron chi connectivity index (χ0n) is 11.0. The lowest BCUT2D eigenvalue weighted by molar-refractivity contribution is -0.117. The van der Waals surface area contributed by atoms with Gasteiger partial charge in [0.05, 0.1) is 22.8 Å². The molecule has 0 aliphatic rings. The molecule has 1 aromatic rings. The van der Waals surface area contributed by atoms with Gasteiger partial charge in [-0.1, -0.05) is 6.92 Å². The van der Waals surface area contributed by atoms with Crippen molar-refractivity contribution in [2.45, 2.75) is 24.2 Å². The van der Waals surface area contributed by atoms with Crippen LogP contribution in [0.15, 0.2) is 23.1 Å². The summed E-state index contributed by atoms with van der Waals surface area (Å²) in [4.78, 5) is -0.207. The van der Waals surface area contributed by atoms with Crippen molar-refractivity contribution in [3.05, 3.63) is 18.2 Å². The highest BCUT2D eigenvalue weighted by Crippen LogP contribution is 2.27. The first-order chi connectivity index (χ1) is 9.60. The van der Waals surface area contributed by atoms with Crippen LogP contribution < -0.4 is 15.8 Å². The van der Waals surface area contributed by atoms with Gasteiger partial charge in [-0.3, -0.25) is 0 Å². The summed E-state index contributed by atoms with van der Waals surface area (Å²) >= 11 is 0. The largest absolute Gasteiger partial charge is 0.397 e. The van der Waals surface area contributed by atoms with E-state index in [-0.39, 0.29) is 22.8 Å². The van der Waals surface area contributed by atoms with Crippen molar-refractivity contribution in [1.82, 2.24) is 4.72 Å². The van der Waals surface area contributed by atoms with Gasteiger partial charge in [0.1, 0.15) is 0 Å². The molecule has 0 bridgehead atoms. The molecule has 0 saturated carbocycles. The number of rotatable bonds is 7. The number of nitrogen functional groups attached to an aromatic ring is 1. The lowest BCUT2D eigenvalue weighted by Crippen LogP contribution is -2.35. The average molecular weight is 329 g/mol. The van der Waals surface area contributed by atoms with Crippen molar-refractivity contribution >= 4 is 21.4 Å². The predicted molar refractivity (Wildman–Crippen MR) is 71.2 cm³/mol. The first kappa shape index (κ1) is 17.5. The molecule has 0 radical (unpaired) electrons. The summed E-state index contributed by atoms with van der Waals surface area (Å²) < 4.78 is 75.5. The molecule has 5 nitrogen and oxygen atoms in total. The van der Waals surface area contributed by atoms with Crippen molar-refractivity contribution in [1.29, 1.82) is 0 Å². The molecule has 0 aromatic heterocycles. The van der Waals surface area contributed by atoms with E-state index in [2.05, 4.69) is 4.72 Å². The van der Waals surface area contributed by atoms with Gasteiger partial charge in [0, 0.05) is 6.54 Å². The molecule has 0 fully saturated rings. The Kier molecular flexibility index (Phi) is 5.40. The Morgan fingerprint density at radius 3 is 2.48 bits per heavy atom. The summed E-state index contributed by atoms with van der Waals surface area (Å²) in [6.45, 7) is 0.343. The normalized spacial score (nSPS) is 12.7. The minimum Gasteiger partial charge on any atom is -0.397 e. The van der Waals surface area contributed by atoms with Gasteiger partial charge >= 0.3 is 12.3 Å². The van der Waals surface area contributed by atoms with Crippen molar-refractivity contribution in [3.8, 4) is 0 Å². The number of hydrogen-bond donors (Lipinski definition) is 3. The van der Waals surface area contributed by atoms with E-state index >= 15 is 0 Å². The van der Waals surface area contributed by atoms with E-state index in [0.717, 1.165) is 6.07 Å². The Morgan fingerprint density at radius 1 is 1.33 bits per heavy atom. The number of alkyl halides is 4. The summed E-state index contributed by atoms with van der Waals surface area (Å²) in [5.74, 6) is -4.25. The van der Waals surface area contributed by atoms with Crippen LogP contribution in [0.2, 0.25) is 0 Å². The van der Waals surface area contributed by atoms with Crippen LogP contribution in [0.4, 0.5) is 28.9 Å². The van der Waals surface area contributed by atoms with Gasteiger partial charge in [0.15, 0.2) is 0 Å². The number of hydrogen-bond acceptors (Lipinski definition) is 4. The second-order valence-electron chi connectivity index (χ2n) is 4.17. The molecule has 1 aromatic carbocycles. The highest BCUT2D eigenvalue weighted by Gasteiger charge is 2.40. The molecule has 0 unspecified atom stereocenters. The number of nitrogens with one attached hydrogen (secondary N) is 2. The smallest absolute Gasteiger partial charge is 0.324 e. The summed E-state index contributed by atoms with van der Waals surface area (Å²) in [5.41, 5.74) is 5.31. The molecular formula is C11H15F4N3O2S. The van der Waals surface area contributed by atoms with E-state index in [1.807, 2.05) is 5.32 Å². The molecule has 0 atom stereocenters. The van der Waals surface area contributed by atoms with Crippen LogP contribution in [0.3, 0.4) is 0 Å². The second kappa shape index (κ2) is 6.48. The van der Waals surface area contributed by atoms with Crippen LogP contribution >= 0.6 is 0 Å². The van der Waals surface area contributed by atoms with Gasteiger partial charge in [-0.15, -0.1) is 0 Å². The lowest BCUT2D eigenvalue weighted by atomic mass is 10.2. The fourth-order valence-electron chi connectivity index (χ4n) is 1.42. The van der Waals surface area contributed by atoms with Gasteiger partial charge in [0.25, 0.3) is 0 Å². The molecule has 0 amide bonds. The first-order valence-electron chi connectivity index (χ1n) is 5.89. The molecule has 0 spiro atoms. The van der Waals surface area contributed by atoms with E-state index in [4.69, 9.17) is 5.73 Å². The predicted octanol–water partition coefficient (Wildman–Crippen LogP) is 1.88. The topological polar surface area (TPSA) is 84.2 Å². The van der Waals surface area contributed by atoms with Crippen LogP contribution in [0.1, 0.15) is 6.92 Å². The Bertz CT molecular complexity index is 593. The number of halogens is 4. The van der Waals surface area contributed by atoms with Gasteiger partial charge in [0.2, 0.25) is 10.0 Å². The van der Waals surface area contributed by atoms with Gasteiger partial charge in [-0.05, 0) is 18.2 Å². The Morgan fingerprint density at radius 2 is 1.95 bits per heavy atom. The Hall–Kier alpha value is -1.55. The maximum Gasteiger partial charge on any atom is 0.324 e. The highest BCUT2D eigenvalue weighted by molar-refractivity contribution is 7.89. The quantitative estimate of drug-likeness (QED) is 0.527. The van der Waals surface area contributed by atoms with Crippen LogP contribution in [0.25, 0.3) is 0 Å². The summed E-state index contributed by atoms with van der Waals surface area (Å²) in [6.07, 6.45) is -3.83. The fourth-order valence-corrected chi connectivity index (χ4v) is 2.49. The highest BCUT2D eigenvalue weighted by atomic mass is 32.2. The maximum atomic E-state index is 12.8. The summed E-state index contributed by atoms with van der Waals surface area (Å²) in [5, 5.41) is 2.04. The number of benzene rings is 1. The number of sulfonamides is 1. The molecule has 4 N–H and O–H groups in total. The SMILES string of the molecule is CCNS(=O)(=O)c1ccc(N)c(NCC(F)(F)C(F)F)c1. The molecule has 120 valence electrons. The van der Waals surface area contributed by atoms with Crippen molar-refractivity contribution in [2.75, 3.05) is 24.1 Å². The van der Waals surface area contributed by atoms with E-state index in [9.17, 15) is 26.0 Å². The average Bonchev–Trinajstić information content (AvgIpc) is 2.37. The molecule has 0 heterocycles. The zero-order chi connectivity index (χ0) is 16.3. The monoisotopic (exact) mass is 329 g/mol. The third kappa shape index (κ3) is 4.46. The molecule has 0 saturated heterocycles. The van der Waals surface area contributed by atoms with E-state index < -0.39 is 28.9 Å². The van der Waals surface area contributed by atoms with Gasteiger partial charge in [-0.2, -0.15) is 8.78 Å². The first-order valence-corrected chi connectivity index (χ1v) is 7.37. The second-order valence-corrected chi connectivity index (χ2v) is 5.93. The zero-order valence-corrected chi connectivity index (χ0v) is 11.9. The minimum atomic E-state index is -4.25. The van der Waals surface area contributed by atoms with E-state index in [0.29, 0.717) is 0 Å². The number of anilines is 2. The number of nitrogens with two attached hydrogens (primary N) is 1. The van der Waals surface area contributed by atoms with Crippen LogP contribution in [0.5, 0.6) is 0 Å². The molecule has 0 aliphatic heterocycles. The molecule has 0 aliphatic carbocycles. The maximum absolute atomic E-state index is 12.8. The molecule has 21 heavy (non-hydrogen) atoms. The third-order valence-corrected chi connectivity index (χ3v) is 4.05. The van der Waals surface area contributed by atoms with Crippen LogP contribution in [-0.4, -0.2) is 33.9 Å². The van der Waals surface area contributed by atoms with Crippen molar-refractivity contribution < 1.29 is 26.0 Å². The van der Waals surface area contributed by atoms with Crippen LogP contribution in [-0.2, 0) is 10.0 Å². The van der Waals surface area contributed by atoms with Crippen molar-refractivity contribution in [2.24, 2.45) is 0 Å². The summed E-state index contributed by atoms with van der Waals surface area (Å²) in [6, 6.07) is 3.38. The molecule has 10 heteroatoms. The van der Waals surface area contributed by atoms with Crippen molar-refractivity contribution in [3.63, 3.8) is 0 Å². The van der Waals surface area contributed by atoms with Crippen LogP contribution in [0, 0.1) is 0 Å². The minimum absolute atomic E-state index is 0.0319. The van der Waals surface area contributed by atoms with E-state index in [1.165, 1.54) is 12.1 Å². The standard InChI is InChI=1S/C11H15F4N3O2S/c1-2-18-21(19,20)7-3-4-8(16)9(5-7)17-6-11(14,15)10(12)13/h3-5,10,17-18H,2,6,16H2,1H3. The lowest BCUT2D eigenvalue weighted by Gasteiger charge is -2.18. The fraction of sp³-hybridized carbons (Fsp3) is 0.455. The summed E-state index contributed by atoms with van der Waals surface area (Å²) in [7, 11) is -3.80. The Balaban J connectivity index is 2.99. The molecule has 1 rings (SSSR count). The molecular weight excluding hydrogens is 314 g/mol. The Labute approximate surface area is 119 Å². The van der Waals surface area contributed by atoms with Gasteiger partial charge in [-0.25, -0.2) is 21.9 Å². The third-order valence-electron chi connectivity index (χ3n) is 2.50. The van der Waals surface area contributed by atoms with E-state index in [1.54, 1.807) is 6.92 Å². The van der Waals surface area contributed by atoms with Gasteiger partial charge < -0.3 is 11.1 Å².